The maximum absolute atomic E-state index is 12.6. The van der Waals surface area contributed by atoms with Crippen LogP contribution in [0.2, 0.25) is 0 Å². The van der Waals surface area contributed by atoms with E-state index in [2.05, 4.69) is 5.32 Å². The van der Waals surface area contributed by atoms with Gasteiger partial charge in [-0.15, -0.1) is 0 Å². The molecule has 2 aliphatic rings. The van der Waals surface area contributed by atoms with Gasteiger partial charge >= 0.3 is 0 Å². The standard InChI is InChI=1S/C17H23NO4/c1-20-14-6-5-12(10-15(14)21-2)17(7-8-17)16(19)18-11-13-4-3-9-22-13/h5-6,10,13H,3-4,7-9,11H2,1-2H3,(H,18,19). The van der Waals surface area contributed by atoms with Crippen molar-refractivity contribution >= 4 is 5.91 Å². The van der Waals surface area contributed by atoms with E-state index in [4.69, 9.17) is 14.2 Å². The molecule has 1 heterocycles. The number of carbonyl (C=O) groups is 1. The van der Waals surface area contributed by atoms with E-state index in [1.54, 1.807) is 14.2 Å². The number of carbonyl (C=O) groups excluding carboxylic acids is 1. The van der Waals surface area contributed by atoms with Gasteiger partial charge in [-0.25, -0.2) is 0 Å². The van der Waals surface area contributed by atoms with Gasteiger partial charge in [0.15, 0.2) is 11.5 Å². The Kier molecular flexibility index (Phi) is 4.25. The van der Waals surface area contributed by atoms with Crippen LogP contribution in [0.25, 0.3) is 0 Å². The molecule has 120 valence electrons. The van der Waals surface area contributed by atoms with E-state index >= 15 is 0 Å². The van der Waals surface area contributed by atoms with Gasteiger partial charge in [0.2, 0.25) is 5.91 Å². The van der Waals surface area contributed by atoms with Crippen LogP contribution in [0, 0.1) is 0 Å². The molecule has 0 spiro atoms. The number of ether oxygens (including phenoxy) is 3. The second-order valence-corrected chi connectivity index (χ2v) is 6.00. The number of nitrogens with one attached hydrogen (secondary N) is 1. The lowest BCUT2D eigenvalue weighted by Crippen LogP contribution is -2.39. The fourth-order valence-corrected chi connectivity index (χ4v) is 3.09. The van der Waals surface area contributed by atoms with Crippen molar-refractivity contribution in [3.8, 4) is 11.5 Å². The summed E-state index contributed by atoms with van der Waals surface area (Å²) in [6.45, 7) is 1.41. The summed E-state index contributed by atoms with van der Waals surface area (Å²) in [5.74, 6) is 1.44. The number of methoxy groups -OCH3 is 2. The first-order chi connectivity index (χ1) is 10.7. The number of rotatable bonds is 6. The van der Waals surface area contributed by atoms with Crippen LogP contribution < -0.4 is 14.8 Å². The highest BCUT2D eigenvalue weighted by molar-refractivity contribution is 5.91. The van der Waals surface area contributed by atoms with Crippen LogP contribution in [-0.4, -0.2) is 39.4 Å². The first kappa shape index (κ1) is 15.2. The van der Waals surface area contributed by atoms with Crippen molar-refractivity contribution in [2.24, 2.45) is 0 Å². The molecule has 1 aliphatic carbocycles. The summed E-state index contributed by atoms with van der Waals surface area (Å²) in [5, 5.41) is 3.06. The zero-order chi connectivity index (χ0) is 15.6. The molecule has 1 saturated carbocycles. The van der Waals surface area contributed by atoms with Crippen LogP contribution in [-0.2, 0) is 14.9 Å². The fourth-order valence-electron chi connectivity index (χ4n) is 3.09. The second kappa shape index (κ2) is 6.16. The minimum atomic E-state index is -0.405. The summed E-state index contributed by atoms with van der Waals surface area (Å²) in [6, 6.07) is 5.74. The van der Waals surface area contributed by atoms with Crippen LogP contribution in [0.1, 0.15) is 31.2 Å². The Morgan fingerprint density at radius 3 is 2.68 bits per heavy atom. The largest absolute Gasteiger partial charge is 0.493 e. The summed E-state index contributed by atoms with van der Waals surface area (Å²) in [6.07, 6.45) is 4.04. The van der Waals surface area contributed by atoms with Crippen molar-refractivity contribution in [2.45, 2.75) is 37.2 Å². The third-order valence-electron chi connectivity index (χ3n) is 4.64. The lowest BCUT2D eigenvalue weighted by molar-refractivity contribution is -0.124. The highest BCUT2D eigenvalue weighted by atomic mass is 16.5. The molecular formula is C17H23NO4. The third-order valence-corrected chi connectivity index (χ3v) is 4.64. The van der Waals surface area contributed by atoms with Gasteiger partial charge in [0.05, 0.1) is 25.7 Å². The Bertz CT molecular complexity index is 548. The smallest absolute Gasteiger partial charge is 0.230 e. The van der Waals surface area contributed by atoms with Crippen molar-refractivity contribution in [3.63, 3.8) is 0 Å². The fraction of sp³-hybridized carbons (Fsp3) is 0.588. The van der Waals surface area contributed by atoms with Gasteiger partial charge in [0.25, 0.3) is 0 Å². The zero-order valence-electron chi connectivity index (χ0n) is 13.2. The predicted octanol–water partition coefficient (Wildman–Crippen LogP) is 2.03. The number of benzene rings is 1. The molecule has 0 bridgehead atoms. The van der Waals surface area contributed by atoms with Crippen LogP contribution in [0.3, 0.4) is 0 Å². The van der Waals surface area contributed by atoms with Crippen LogP contribution >= 0.6 is 0 Å². The van der Waals surface area contributed by atoms with Crippen LogP contribution in [0.5, 0.6) is 11.5 Å². The first-order valence-electron chi connectivity index (χ1n) is 7.82. The van der Waals surface area contributed by atoms with E-state index < -0.39 is 5.41 Å². The van der Waals surface area contributed by atoms with Crippen LogP contribution in [0.15, 0.2) is 18.2 Å². The monoisotopic (exact) mass is 305 g/mol. The maximum atomic E-state index is 12.6. The SMILES string of the molecule is COc1ccc(C2(C(=O)NCC3CCCO3)CC2)cc1OC. The molecular weight excluding hydrogens is 282 g/mol. The number of hydrogen-bond donors (Lipinski definition) is 1. The highest BCUT2D eigenvalue weighted by Gasteiger charge is 2.51. The topological polar surface area (TPSA) is 56.8 Å². The van der Waals surface area contributed by atoms with E-state index in [1.165, 1.54) is 0 Å². The second-order valence-electron chi connectivity index (χ2n) is 6.00. The average molecular weight is 305 g/mol. The van der Waals surface area contributed by atoms with Gasteiger partial charge < -0.3 is 19.5 Å². The maximum Gasteiger partial charge on any atom is 0.230 e. The minimum absolute atomic E-state index is 0.0928. The molecule has 1 atom stereocenters. The highest BCUT2D eigenvalue weighted by Crippen LogP contribution is 2.50. The van der Waals surface area contributed by atoms with Crippen molar-refractivity contribution in [3.05, 3.63) is 23.8 Å². The van der Waals surface area contributed by atoms with E-state index in [0.29, 0.717) is 18.0 Å². The molecule has 1 N–H and O–H groups in total. The summed E-state index contributed by atoms with van der Waals surface area (Å²) in [4.78, 5) is 12.6. The van der Waals surface area contributed by atoms with Crippen LogP contribution in [0.4, 0.5) is 0 Å². The Balaban J connectivity index is 1.70. The van der Waals surface area contributed by atoms with E-state index in [1.807, 2.05) is 18.2 Å². The average Bonchev–Trinajstić information content (AvgIpc) is 3.21. The van der Waals surface area contributed by atoms with Crippen molar-refractivity contribution in [2.75, 3.05) is 27.4 Å². The van der Waals surface area contributed by atoms with Gasteiger partial charge in [-0.2, -0.15) is 0 Å². The van der Waals surface area contributed by atoms with Gasteiger partial charge in [0.1, 0.15) is 0 Å². The van der Waals surface area contributed by atoms with E-state index in [0.717, 1.165) is 37.9 Å². The molecule has 2 fully saturated rings. The zero-order valence-corrected chi connectivity index (χ0v) is 13.2. The normalized spacial score (nSPS) is 22.2. The molecule has 1 saturated heterocycles. The third kappa shape index (κ3) is 2.77. The molecule has 0 aromatic heterocycles. The molecule has 1 amide bonds. The number of amides is 1. The molecule has 1 aliphatic heterocycles. The van der Waals surface area contributed by atoms with Gasteiger partial charge in [-0.05, 0) is 43.4 Å². The van der Waals surface area contributed by atoms with Crippen molar-refractivity contribution in [1.82, 2.24) is 5.32 Å². The quantitative estimate of drug-likeness (QED) is 0.874. The van der Waals surface area contributed by atoms with Crippen molar-refractivity contribution in [1.29, 1.82) is 0 Å². The number of hydrogen-bond acceptors (Lipinski definition) is 4. The Morgan fingerprint density at radius 2 is 2.09 bits per heavy atom. The van der Waals surface area contributed by atoms with Gasteiger partial charge in [-0.1, -0.05) is 6.07 Å². The summed E-state index contributed by atoms with van der Waals surface area (Å²) in [5.41, 5.74) is 0.591. The molecule has 22 heavy (non-hydrogen) atoms. The van der Waals surface area contributed by atoms with Gasteiger partial charge in [0, 0.05) is 13.2 Å². The summed E-state index contributed by atoms with van der Waals surface area (Å²) < 4.78 is 16.2. The van der Waals surface area contributed by atoms with Gasteiger partial charge in [-0.3, -0.25) is 4.79 Å². The Hall–Kier alpha value is -1.75. The minimum Gasteiger partial charge on any atom is -0.493 e. The molecule has 0 radical (unpaired) electrons. The molecule has 5 heteroatoms. The molecule has 1 unspecified atom stereocenters. The van der Waals surface area contributed by atoms with E-state index in [9.17, 15) is 4.79 Å². The lowest BCUT2D eigenvalue weighted by atomic mass is 9.94. The summed E-state index contributed by atoms with van der Waals surface area (Å²) >= 11 is 0. The Morgan fingerprint density at radius 1 is 1.32 bits per heavy atom. The molecule has 3 rings (SSSR count). The van der Waals surface area contributed by atoms with E-state index in [-0.39, 0.29) is 12.0 Å². The molecule has 1 aromatic rings. The Labute approximate surface area is 130 Å². The first-order valence-corrected chi connectivity index (χ1v) is 7.82. The lowest BCUT2D eigenvalue weighted by Gasteiger charge is -2.19. The molecule has 5 nitrogen and oxygen atoms in total. The summed E-state index contributed by atoms with van der Waals surface area (Å²) in [7, 11) is 3.22. The predicted molar refractivity (Wildman–Crippen MR) is 82.4 cm³/mol. The van der Waals surface area contributed by atoms with Crippen molar-refractivity contribution < 1.29 is 19.0 Å². The molecule has 1 aromatic carbocycles.